The summed E-state index contributed by atoms with van der Waals surface area (Å²) >= 11 is 0. The maximum absolute atomic E-state index is 11.0. The van der Waals surface area contributed by atoms with Crippen LogP contribution in [0.25, 0.3) is 0 Å². The molecule has 7 nitrogen and oxygen atoms in total. The molecule has 0 aromatic heterocycles. The number of nitro groups is 1. The molecule has 1 aromatic carbocycles. The van der Waals surface area contributed by atoms with E-state index in [4.69, 9.17) is 15.7 Å². The van der Waals surface area contributed by atoms with Crippen molar-refractivity contribution in [3.05, 3.63) is 33.9 Å². The van der Waals surface area contributed by atoms with Crippen molar-refractivity contribution in [2.24, 2.45) is 16.3 Å². The van der Waals surface area contributed by atoms with E-state index < -0.39 is 4.92 Å². The zero-order chi connectivity index (χ0) is 15.3. The largest absolute Gasteiger partial charge is 0.487 e. The van der Waals surface area contributed by atoms with E-state index in [0.29, 0.717) is 6.61 Å². The maximum Gasteiger partial charge on any atom is 0.311 e. The van der Waals surface area contributed by atoms with E-state index in [1.807, 2.05) is 0 Å². The Morgan fingerprint density at radius 2 is 2.15 bits per heavy atom. The molecule has 3 N–H and O–H groups in total. The Kier molecular flexibility index (Phi) is 4.90. The third-order valence-corrected chi connectivity index (χ3v) is 2.67. The molecule has 0 aliphatic carbocycles. The van der Waals surface area contributed by atoms with Gasteiger partial charge in [-0.3, -0.25) is 10.1 Å². The number of hydrogen-bond donors (Lipinski definition) is 2. The van der Waals surface area contributed by atoms with E-state index in [0.717, 1.165) is 6.42 Å². The van der Waals surface area contributed by atoms with Gasteiger partial charge in [0.05, 0.1) is 11.5 Å². The van der Waals surface area contributed by atoms with Gasteiger partial charge in [0.1, 0.15) is 0 Å². The third kappa shape index (κ3) is 4.42. The number of oxime groups is 1. The summed E-state index contributed by atoms with van der Waals surface area (Å²) in [7, 11) is 0. The van der Waals surface area contributed by atoms with Gasteiger partial charge in [0.25, 0.3) is 0 Å². The van der Waals surface area contributed by atoms with Crippen LogP contribution >= 0.6 is 0 Å². The fourth-order valence-corrected chi connectivity index (χ4v) is 1.47. The summed E-state index contributed by atoms with van der Waals surface area (Å²) < 4.78 is 5.46. The van der Waals surface area contributed by atoms with E-state index in [1.54, 1.807) is 0 Å². The highest BCUT2D eigenvalue weighted by Crippen LogP contribution is 2.29. The van der Waals surface area contributed by atoms with Crippen LogP contribution in [0.5, 0.6) is 5.75 Å². The van der Waals surface area contributed by atoms with Crippen LogP contribution in [-0.2, 0) is 0 Å². The zero-order valence-corrected chi connectivity index (χ0v) is 11.8. The van der Waals surface area contributed by atoms with Crippen molar-refractivity contribution < 1.29 is 14.9 Å². The predicted octanol–water partition coefficient (Wildman–Crippen LogP) is 2.50. The number of nitrogens with zero attached hydrogens (tertiary/aromatic N) is 2. The molecular weight excluding hydrogens is 262 g/mol. The second kappa shape index (κ2) is 6.23. The lowest BCUT2D eigenvalue weighted by Crippen LogP contribution is -2.14. The SMILES string of the molecule is CC(C)(C)CCOc1ccc(C(N)=NO)cc1[N+](=O)[O-]. The average Bonchev–Trinajstić information content (AvgIpc) is 2.36. The standard InChI is InChI=1S/C13H19N3O4/c1-13(2,3)6-7-20-11-5-4-9(12(14)15-17)8-10(11)16(18)19/h4-5,8,17H,6-7H2,1-3H3,(H2,14,15). The lowest BCUT2D eigenvalue weighted by molar-refractivity contribution is -0.385. The molecule has 0 aliphatic heterocycles. The second-order valence-corrected chi connectivity index (χ2v) is 5.58. The highest BCUT2D eigenvalue weighted by Gasteiger charge is 2.18. The summed E-state index contributed by atoms with van der Waals surface area (Å²) in [4.78, 5) is 10.5. The summed E-state index contributed by atoms with van der Waals surface area (Å²) in [6.45, 7) is 6.57. The summed E-state index contributed by atoms with van der Waals surface area (Å²) in [5.74, 6) is -0.0110. The quantitative estimate of drug-likeness (QED) is 0.283. The van der Waals surface area contributed by atoms with E-state index in [-0.39, 0.29) is 28.3 Å². The fourth-order valence-electron chi connectivity index (χ4n) is 1.47. The fraction of sp³-hybridized carbons (Fsp3) is 0.462. The molecule has 0 atom stereocenters. The predicted molar refractivity (Wildman–Crippen MR) is 75.2 cm³/mol. The number of ether oxygens (including phenoxy) is 1. The highest BCUT2D eigenvalue weighted by molar-refractivity contribution is 5.97. The first-order chi connectivity index (χ1) is 9.24. The maximum atomic E-state index is 11.0. The molecule has 0 unspecified atom stereocenters. The number of amidine groups is 1. The van der Waals surface area contributed by atoms with Crippen molar-refractivity contribution in [1.82, 2.24) is 0 Å². The van der Waals surface area contributed by atoms with Crippen molar-refractivity contribution in [2.75, 3.05) is 6.61 Å². The first-order valence-electron chi connectivity index (χ1n) is 6.14. The minimum atomic E-state index is -0.555. The Morgan fingerprint density at radius 1 is 1.50 bits per heavy atom. The molecule has 7 heteroatoms. The molecule has 0 fully saturated rings. The minimum Gasteiger partial charge on any atom is -0.487 e. The lowest BCUT2D eigenvalue weighted by Gasteiger charge is -2.18. The molecule has 0 saturated carbocycles. The monoisotopic (exact) mass is 281 g/mol. The van der Waals surface area contributed by atoms with E-state index in [9.17, 15) is 10.1 Å². The molecule has 1 rings (SSSR count). The lowest BCUT2D eigenvalue weighted by atomic mass is 9.93. The van der Waals surface area contributed by atoms with Gasteiger partial charge >= 0.3 is 5.69 Å². The van der Waals surface area contributed by atoms with Crippen LogP contribution in [0.15, 0.2) is 23.4 Å². The first kappa shape index (κ1) is 15.7. The van der Waals surface area contributed by atoms with Gasteiger partial charge in [-0.15, -0.1) is 0 Å². The van der Waals surface area contributed by atoms with Crippen molar-refractivity contribution in [3.63, 3.8) is 0 Å². The van der Waals surface area contributed by atoms with Crippen molar-refractivity contribution in [2.45, 2.75) is 27.2 Å². The summed E-state index contributed by atoms with van der Waals surface area (Å²) in [6.07, 6.45) is 0.770. The number of rotatable bonds is 5. The number of nitro benzene ring substituents is 1. The molecular formula is C13H19N3O4. The average molecular weight is 281 g/mol. The van der Waals surface area contributed by atoms with Gasteiger partial charge in [-0.25, -0.2) is 0 Å². The molecule has 0 saturated heterocycles. The van der Waals surface area contributed by atoms with Crippen LogP contribution in [0.1, 0.15) is 32.8 Å². The molecule has 0 aliphatic rings. The van der Waals surface area contributed by atoms with Gasteiger partial charge in [-0.2, -0.15) is 0 Å². The summed E-state index contributed by atoms with van der Waals surface area (Å²) in [5, 5.41) is 22.4. The van der Waals surface area contributed by atoms with E-state index >= 15 is 0 Å². The molecule has 110 valence electrons. The Balaban J connectivity index is 2.94. The van der Waals surface area contributed by atoms with Gasteiger partial charge in [-0.1, -0.05) is 25.9 Å². The Bertz CT molecular complexity index is 521. The van der Waals surface area contributed by atoms with E-state index in [2.05, 4.69) is 25.9 Å². The highest BCUT2D eigenvalue weighted by atomic mass is 16.6. The van der Waals surface area contributed by atoms with Crippen LogP contribution in [0.2, 0.25) is 0 Å². The molecule has 0 heterocycles. The summed E-state index contributed by atoms with van der Waals surface area (Å²) in [5.41, 5.74) is 5.55. The summed E-state index contributed by atoms with van der Waals surface area (Å²) in [6, 6.07) is 4.18. The number of benzene rings is 1. The normalized spacial score (nSPS) is 12.2. The van der Waals surface area contributed by atoms with Crippen molar-refractivity contribution in [3.8, 4) is 5.75 Å². The van der Waals surface area contributed by atoms with Gasteiger partial charge in [-0.05, 0) is 24.0 Å². The van der Waals surface area contributed by atoms with Crippen LogP contribution in [0.3, 0.4) is 0 Å². The molecule has 0 radical (unpaired) electrons. The molecule has 0 bridgehead atoms. The Hall–Kier alpha value is -2.31. The van der Waals surface area contributed by atoms with Crippen LogP contribution in [-0.4, -0.2) is 22.6 Å². The Labute approximate surface area is 117 Å². The third-order valence-electron chi connectivity index (χ3n) is 2.67. The first-order valence-corrected chi connectivity index (χ1v) is 6.14. The number of hydrogen-bond acceptors (Lipinski definition) is 5. The van der Waals surface area contributed by atoms with Gasteiger partial charge in [0.2, 0.25) is 0 Å². The molecule has 20 heavy (non-hydrogen) atoms. The van der Waals surface area contributed by atoms with Crippen molar-refractivity contribution in [1.29, 1.82) is 0 Å². The molecule has 1 aromatic rings. The Morgan fingerprint density at radius 3 is 2.65 bits per heavy atom. The van der Waals surface area contributed by atoms with Gasteiger partial charge < -0.3 is 15.7 Å². The molecule has 0 spiro atoms. The van der Waals surface area contributed by atoms with E-state index in [1.165, 1.54) is 18.2 Å². The van der Waals surface area contributed by atoms with Gasteiger partial charge in [0, 0.05) is 11.6 Å². The second-order valence-electron chi connectivity index (χ2n) is 5.58. The zero-order valence-electron chi connectivity index (χ0n) is 11.8. The van der Waals surface area contributed by atoms with Crippen LogP contribution in [0, 0.1) is 15.5 Å². The molecule has 0 amide bonds. The van der Waals surface area contributed by atoms with Crippen LogP contribution < -0.4 is 10.5 Å². The van der Waals surface area contributed by atoms with Gasteiger partial charge in [0.15, 0.2) is 11.6 Å². The number of nitrogens with two attached hydrogens (primary N) is 1. The minimum absolute atomic E-state index is 0.0860. The topological polar surface area (TPSA) is 111 Å². The van der Waals surface area contributed by atoms with Crippen LogP contribution in [0.4, 0.5) is 5.69 Å². The smallest absolute Gasteiger partial charge is 0.311 e. The van der Waals surface area contributed by atoms with Crippen molar-refractivity contribution >= 4 is 11.5 Å².